The zero-order valence-electron chi connectivity index (χ0n) is 20.1. The maximum absolute atomic E-state index is 15.3. The molecule has 0 aromatic heterocycles. The standard InChI is InChI=1S/C28H26F2N2O4/c1-3-5-15-33-19-7-11-21(12-8-19)35-27-25(29)23(17-31)24(18-32)26(30)28(27)36-22-13-9-20(10-14-22)34-16-6-4-2/h7-14H,3-6,15-16H2,1-2H3. The van der Waals surface area contributed by atoms with Crippen molar-refractivity contribution in [2.45, 2.75) is 39.5 Å². The molecule has 0 unspecified atom stereocenters. The van der Waals surface area contributed by atoms with Crippen molar-refractivity contribution in [1.82, 2.24) is 0 Å². The number of halogens is 2. The molecule has 186 valence electrons. The average Bonchev–Trinajstić information content (AvgIpc) is 2.90. The molecule has 8 heteroatoms. The number of hydrogen-bond donors (Lipinski definition) is 0. The third kappa shape index (κ3) is 6.43. The van der Waals surface area contributed by atoms with Crippen LogP contribution in [0, 0.1) is 34.3 Å². The normalized spacial score (nSPS) is 10.3. The van der Waals surface area contributed by atoms with Gasteiger partial charge in [-0.15, -0.1) is 0 Å². The second-order valence-corrected chi connectivity index (χ2v) is 7.81. The third-order valence-electron chi connectivity index (χ3n) is 5.14. The minimum atomic E-state index is -1.20. The maximum atomic E-state index is 15.3. The van der Waals surface area contributed by atoms with Crippen molar-refractivity contribution in [3.8, 4) is 46.6 Å². The SMILES string of the molecule is CCCCOc1ccc(Oc2c(F)c(C#N)c(C#N)c(F)c2Oc2ccc(OCCCC)cc2)cc1. The summed E-state index contributed by atoms with van der Waals surface area (Å²) in [6, 6.07) is 15.7. The molecule has 0 spiro atoms. The quantitative estimate of drug-likeness (QED) is 0.241. The summed E-state index contributed by atoms with van der Waals surface area (Å²) in [7, 11) is 0. The van der Waals surface area contributed by atoms with Gasteiger partial charge in [0, 0.05) is 0 Å². The lowest BCUT2D eigenvalue weighted by Crippen LogP contribution is -2.04. The van der Waals surface area contributed by atoms with E-state index in [1.165, 1.54) is 36.4 Å². The predicted molar refractivity (Wildman–Crippen MR) is 130 cm³/mol. The molecule has 0 saturated carbocycles. The van der Waals surface area contributed by atoms with E-state index >= 15 is 8.78 Å². The minimum absolute atomic E-state index is 0.161. The van der Waals surface area contributed by atoms with Gasteiger partial charge in [0.15, 0.2) is 11.6 Å². The Morgan fingerprint density at radius 3 is 1.25 bits per heavy atom. The third-order valence-corrected chi connectivity index (χ3v) is 5.14. The Kier molecular flexibility index (Phi) is 9.48. The summed E-state index contributed by atoms with van der Waals surface area (Å²) in [6.07, 6.45) is 3.78. The zero-order valence-corrected chi connectivity index (χ0v) is 20.1. The van der Waals surface area contributed by atoms with Crippen LogP contribution in [-0.2, 0) is 0 Å². The Balaban J connectivity index is 1.93. The molecule has 3 rings (SSSR count). The maximum Gasteiger partial charge on any atom is 0.210 e. The Morgan fingerprint density at radius 2 is 0.944 bits per heavy atom. The Bertz CT molecular complexity index is 1150. The summed E-state index contributed by atoms with van der Waals surface area (Å²) in [5.41, 5.74) is -1.53. The molecular weight excluding hydrogens is 466 g/mol. The first-order valence-corrected chi connectivity index (χ1v) is 11.7. The highest BCUT2D eigenvalue weighted by Gasteiger charge is 2.28. The van der Waals surface area contributed by atoms with Crippen LogP contribution in [0.25, 0.3) is 0 Å². The van der Waals surface area contributed by atoms with Crippen molar-refractivity contribution in [1.29, 1.82) is 10.5 Å². The monoisotopic (exact) mass is 492 g/mol. The smallest absolute Gasteiger partial charge is 0.210 e. The summed E-state index contributed by atoms with van der Waals surface area (Å²) in [4.78, 5) is 0. The van der Waals surface area contributed by atoms with Gasteiger partial charge in [-0.2, -0.15) is 10.5 Å². The molecule has 3 aromatic carbocycles. The average molecular weight is 493 g/mol. The number of ether oxygens (including phenoxy) is 4. The van der Waals surface area contributed by atoms with E-state index in [2.05, 4.69) is 13.8 Å². The Hall–Kier alpha value is -4.30. The lowest BCUT2D eigenvalue weighted by Gasteiger charge is -2.16. The lowest BCUT2D eigenvalue weighted by molar-refractivity contribution is 0.308. The highest BCUT2D eigenvalue weighted by Crippen LogP contribution is 2.43. The molecule has 0 saturated heterocycles. The summed E-state index contributed by atoms with van der Waals surface area (Å²) >= 11 is 0. The second-order valence-electron chi connectivity index (χ2n) is 7.81. The molecule has 0 aliphatic rings. The van der Waals surface area contributed by atoms with E-state index in [1.54, 1.807) is 24.3 Å². The van der Waals surface area contributed by atoms with Gasteiger partial charge < -0.3 is 18.9 Å². The van der Waals surface area contributed by atoms with Gasteiger partial charge in [-0.3, -0.25) is 0 Å². The van der Waals surface area contributed by atoms with Gasteiger partial charge in [0.05, 0.1) is 13.2 Å². The van der Waals surface area contributed by atoms with Crippen LogP contribution in [0.2, 0.25) is 0 Å². The van der Waals surface area contributed by atoms with Crippen molar-refractivity contribution in [3.63, 3.8) is 0 Å². The van der Waals surface area contributed by atoms with E-state index in [4.69, 9.17) is 18.9 Å². The van der Waals surface area contributed by atoms with E-state index in [9.17, 15) is 10.5 Å². The number of rotatable bonds is 12. The molecule has 0 radical (unpaired) electrons. The van der Waals surface area contributed by atoms with Crippen LogP contribution in [0.5, 0.6) is 34.5 Å². The largest absolute Gasteiger partial charge is 0.494 e. The highest BCUT2D eigenvalue weighted by molar-refractivity contribution is 5.60. The van der Waals surface area contributed by atoms with Crippen LogP contribution in [-0.4, -0.2) is 13.2 Å². The van der Waals surface area contributed by atoms with Gasteiger partial charge in [0.1, 0.15) is 46.3 Å². The fourth-order valence-corrected chi connectivity index (χ4v) is 3.15. The van der Waals surface area contributed by atoms with Crippen LogP contribution >= 0.6 is 0 Å². The summed E-state index contributed by atoms with van der Waals surface area (Å²) < 4.78 is 53.0. The highest BCUT2D eigenvalue weighted by atomic mass is 19.1. The van der Waals surface area contributed by atoms with Gasteiger partial charge in [0.25, 0.3) is 0 Å². The van der Waals surface area contributed by atoms with Gasteiger partial charge in [-0.25, -0.2) is 8.78 Å². The van der Waals surface area contributed by atoms with Crippen molar-refractivity contribution in [2.24, 2.45) is 0 Å². The fourth-order valence-electron chi connectivity index (χ4n) is 3.15. The summed E-state index contributed by atoms with van der Waals surface area (Å²) in [5, 5.41) is 18.7. The van der Waals surface area contributed by atoms with Crippen LogP contribution in [0.15, 0.2) is 48.5 Å². The van der Waals surface area contributed by atoms with Crippen LogP contribution in [0.1, 0.15) is 50.7 Å². The molecule has 0 fully saturated rings. The number of nitriles is 2. The van der Waals surface area contributed by atoms with Gasteiger partial charge in [-0.1, -0.05) is 26.7 Å². The lowest BCUT2D eigenvalue weighted by atomic mass is 10.1. The van der Waals surface area contributed by atoms with Crippen molar-refractivity contribution >= 4 is 0 Å². The van der Waals surface area contributed by atoms with Crippen molar-refractivity contribution in [2.75, 3.05) is 13.2 Å². The molecule has 3 aromatic rings. The van der Waals surface area contributed by atoms with E-state index in [1.807, 2.05) is 0 Å². The molecule has 0 amide bonds. The van der Waals surface area contributed by atoms with Gasteiger partial charge in [-0.05, 0) is 61.4 Å². The minimum Gasteiger partial charge on any atom is -0.494 e. The molecule has 0 N–H and O–H groups in total. The number of hydrogen-bond acceptors (Lipinski definition) is 6. The van der Waals surface area contributed by atoms with E-state index < -0.39 is 34.3 Å². The van der Waals surface area contributed by atoms with Crippen LogP contribution in [0.3, 0.4) is 0 Å². The van der Waals surface area contributed by atoms with E-state index in [0.29, 0.717) is 24.7 Å². The molecule has 0 bridgehead atoms. The van der Waals surface area contributed by atoms with Crippen LogP contribution < -0.4 is 18.9 Å². The topological polar surface area (TPSA) is 84.5 Å². The molecular formula is C28H26F2N2O4. The van der Waals surface area contributed by atoms with Crippen molar-refractivity contribution in [3.05, 3.63) is 71.3 Å². The number of nitrogens with zero attached hydrogens (tertiary/aromatic N) is 2. The van der Waals surface area contributed by atoms with Gasteiger partial charge >= 0.3 is 0 Å². The summed E-state index contributed by atoms with van der Waals surface area (Å²) in [6.45, 7) is 5.21. The molecule has 0 aliphatic heterocycles. The zero-order chi connectivity index (χ0) is 25.9. The van der Waals surface area contributed by atoms with E-state index in [0.717, 1.165) is 25.7 Å². The molecule has 0 heterocycles. The predicted octanol–water partition coefficient (Wildman–Crippen LogP) is 7.65. The molecule has 36 heavy (non-hydrogen) atoms. The molecule has 0 aliphatic carbocycles. The van der Waals surface area contributed by atoms with Crippen molar-refractivity contribution < 1.29 is 27.7 Å². The Morgan fingerprint density at radius 1 is 0.611 bits per heavy atom. The number of benzene rings is 3. The van der Waals surface area contributed by atoms with Crippen LogP contribution in [0.4, 0.5) is 8.78 Å². The molecule has 0 atom stereocenters. The Labute approximate surface area is 209 Å². The first-order valence-electron chi connectivity index (χ1n) is 11.7. The molecule has 6 nitrogen and oxygen atoms in total. The fraction of sp³-hybridized carbons (Fsp3) is 0.286. The first kappa shape index (κ1) is 26.3. The second kappa shape index (κ2) is 13.0. The van der Waals surface area contributed by atoms with E-state index in [-0.39, 0.29) is 11.5 Å². The number of unbranched alkanes of at least 4 members (excludes halogenated alkanes) is 2. The van der Waals surface area contributed by atoms with Gasteiger partial charge in [0.2, 0.25) is 11.5 Å². The first-order chi connectivity index (χ1) is 17.5. The summed E-state index contributed by atoms with van der Waals surface area (Å²) in [5.74, 6) is -2.18.